The Balaban J connectivity index is 2.44. The number of hydrogen-bond acceptors (Lipinski definition) is 2. The predicted octanol–water partition coefficient (Wildman–Crippen LogP) is 4.04. The molecule has 0 amide bonds. The largest absolute Gasteiger partial charge is 0.260 e. The minimum Gasteiger partial charge on any atom is -0.260 e. The van der Waals surface area contributed by atoms with E-state index in [4.69, 9.17) is 23.2 Å². The van der Waals surface area contributed by atoms with Gasteiger partial charge in [0.05, 0.1) is 21.8 Å². The Bertz CT molecular complexity index is 561. The molecule has 0 spiro atoms. The molecule has 1 unspecified atom stereocenters. The SMILES string of the molecule is N#CC(c1ccc(Cl)c(Cl)c1)c1ccccn1. The van der Waals surface area contributed by atoms with E-state index >= 15 is 0 Å². The van der Waals surface area contributed by atoms with Crippen LogP contribution in [-0.2, 0) is 0 Å². The van der Waals surface area contributed by atoms with Gasteiger partial charge in [0.25, 0.3) is 0 Å². The molecule has 1 heterocycles. The van der Waals surface area contributed by atoms with Gasteiger partial charge >= 0.3 is 0 Å². The molecule has 17 heavy (non-hydrogen) atoms. The molecule has 2 aromatic rings. The number of benzene rings is 1. The number of nitriles is 1. The summed E-state index contributed by atoms with van der Waals surface area (Å²) in [5.74, 6) is -0.425. The Labute approximate surface area is 109 Å². The molecule has 0 radical (unpaired) electrons. The first-order valence-corrected chi connectivity index (χ1v) is 5.73. The molecule has 1 aromatic carbocycles. The highest BCUT2D eigenvalue weighted by Crippen LogP contribution is 2.28. The fourth-order valence-electron chi connectivity index (χ4n) is 1.55. The molecule has 1 atom stereocenters. The van der Waals surface area contributed by atoms with Gasteiger partial charge in [0.1, 0.15) is 5.92 Å². The van der Waals surface area contributed by atoms with E-state index in [-0.39, 0.29) is 0 Å². The second-order valence-electron chi connectivity index (χ2n) is 3.49. The molecule has 0 fully saturated rings. The standard InChI is InChI=1S/C13H8Cl2N2/c14-11-5-4-9(7-12(11)15)10(8-16)13-3-1-2-6-17-13/h1-7,10H. The van der Waals surface area contributed by atoms with E-state index in [1.165, 1.54) is 0 Å². The molecule has 0 saturated heterocycles. The van der Waals surface area contributed by atoms with Crippen LogP contribution in [0.25, 0.3) is 0 Å². The lowest BCUT2D eigenvalue weighted by Crippen LogP contribution is -2.00. The average molecular weight is 263 g/mol. The number of hydrogen-bond donors (Lipinski definition) is 0. The van der Waals surface area contributed by atoms with Crippen molar-refractivity contribution in [1.29, 1.82) is 5.26 Å². The van der Waals surface area contributed by atoms with Gasteiger partial charge in [-0.3, -0.25) is 4.98 Å². The molecular formula is C13H8Cl2N2. The lowest BCUT2D eigenvalue weighted by molar-refractivity contribution is 0.966. The lowest BCUT2D eigenvalue weighted by atomic mass is 9.97. The van der Waals surface area contributed by atoms with Crippen LogP contribution in [-0.4, -0.2) is 4.98 Å². The smallest absolute Gasteiger partial charge is 0.113 e. The normalized spacial score (nSPS) is 11.8. The predicted molar refractivity (Wildman–Crippen MR) is 68.2 cm³/mol. The third kappa shape index (κ3) is 2.58. The molecule has 0 aliphatic heterocycles. The summed E-state index contributed by atoms with van der Waals surface area (Å²) in [5.41, 5.74) is 1.49. The van der Waals surface area contributed by atoms with Crippen molar-refractivity contribution in [3.63, 3.8) is 0 Å². The van der Waals surface area contributed by atoms with Crippen LogP contribution in [0.5, 0.6) is 0 Å². The Morgan fingerprint density at radius 3 is 2.53 bits per heavy atom. The lowest BCUT2D eigenvalue weighted by Gasteiger charge is -2.09. The van der Waals surface area contributed by atoms with Crippen molar-refractivity contribution >= 4 is 23.2 Å². The fraction of sp³-hybridized carbons (Fsp3) is 0.0769. The molecule has 0 bridgehead atoms. The zero-order chi connectivity index (χ0) is 12.3. The van der Waals surface area contributed by atoms with E-state index in [9.17, 15) is 5.26 Å². The van der Waals surface area contributed by atoms with Gasteiger partial charge in [-0.15, -0.1) is 0 Å². The number of rotatable bonds is 2. The molecule has 1 aromatic heterocycles. The summed E-state index contributed by atoms with van der Waals surface area (Å²) in [5, 5.41) is 10.2. The van der Waals surface area contributed by atoms with Gasteiger partial charge in [0.15, 0.2) is 0 Å². The first-order chi connectivity index (χ1) is 8.22. The van der Waals surface area contributed by atoms with Gasteiger partial charge in [-0.2, -0.15) is 5.26 Å². The van der Waals surface area contributed by atoms with Gasteiger partial charge in [-0.25, -0.2) is 0 Å². The number of nitrogens with zero attached hydrogens (tertiary/aromatic N) is 2. The van der Waals surface area contributed by atoms with Crippen LogP contribution in [0.2, 0.25) is 10.0 Å². The second kappa shape index (κ2) is 5.18. The van der Waals surface area contributed by atoms with Crippen LogP contribution in [0.1, 0.15) is 17.2 Å². The second-order valence-corrected chi connectivity index (χ2v) is 4.30. The first-order valence-electron chi connectivity index (χ1n) is 4.98. The van der Waals surface area contributed by atoms with Crippen molar-refractivity contribution in [2.24, 2.45) is 0 Å². The van der Waals surface area contributed by atoms with E-state index in [2.05, 4.69) is 11.1 Å². The van der Waals surface area contributed by atoms with E-state index in [0.717, 1.165) is 5.56 Å². The highest BCUT2D eigenvalue weighted by atomic mass is 35.5. The van der Waals surface area contributed by atoms with E-state index < -0.39 is 5.92 Å². The molecular weight excluding hydrogens is 255 g/mol. The van der Waals surface area contributed by atoms with Crippen LogP contribution < -0.4 is 0 Å². The zero-order valence-corrected chi connectivity index (χ0v) is 10.3. The summed E-state index contributed by atoms with van der Waals surface area (Å²) in [6.45, 7) is 0. The maximum absolute atomic E-state index is 9.23. The van der Waals surface area contributed by atoms with Crippen molar-refractivity contribution in [3.05, 3.63) is 63.9 Å². The molecule has 0 aliphatic carbocycles. The Morgan fingerprint density at radius 1 is 1.12 bits per heavy atom. The summed E-state index contributed by atoms with van der Waals surface area (Å²) < 4.78 is 0. The average Bonchev–Trinajstić information content (AvgIpc) is 2.36. The first kappa shape index (κ1) is 11.9. The van der Waals surface area contributed by atoms with E-state index in [1.54, 1.807) is 24.4 Å². The maximum Gasteiger partial charge on any atom is 0.113 e. The van der Waals surface area contributed by atoms with Gasteiger partial charge in [0, 0.05) is 6.20 Å². The number of aromatic nitrogens is 1. The molecule has 0 aliphatic rings. The topological polar surface area (TPSA) is 36.7 Å². The highest BCUT2D eigenvalue weighted by Gasteiger charge is 2.15. The number of pyridine rings is 1. The quantitative estimate of drug-likeness (QED) is 0.819. The van der Waals surface area contributed by atoms with Gasteiger partial charge in [-0.1, -0.05) is 35.3 Å². The van der Waals surface area contributed by atoms with Crippen molar-refractivity contribution in [1.82, 2.24) is 4.98 Å². The molecule has 84 valence electrons. The van der Waals surface area contributed by atoms with Crippen LogP contribution in [0.3, 0.4) is 0 Å². The molecule has 4 heteroatoms. The highest BCUT2D eigenvalue weighted by molar-refractivity contribution is 6.42. The molecule has 0 saturated carbocycles. The van der Waals surface area contributed by atoms with Crippen molar-refractivity contribution in [2.75, 3.05) is 0 Å². The van der Waals surface area contributed by atoms with Crippen molar-refractivity contribution in [2.45, 2.75) is 5.92 Å². The van der Waals surface area contributed by atoms with Crippen LogP contribution >= 0.6 is 23.2 Å². The van der Waals surface area contributed by atoms with Crippen LogP contribution in [0.4, 0.5) is 0 Å². The van der Waals surface area contributed by atoms with Gasteiger partial charge in [0.2, 0.25) is 0 Å². The fourth-order valence-corrected chi connectivity index (χ4v) is 1.86. The Hall–Kier alpha value is -1.56. The van der Waals surface area contributed by atoms with Gasteiger partial charge < -0.3 is 0 Å². The minimum absolute atomic E-state index is 0.425. The van der Waals surface area contributed by atoms with E-state index in [1.807, 2.05) is 18.2 Å². The summed E-state index contributed by atoms with van der Waals surface area (Å²) >= 11 is 11.8. The van der Waals surface area contributed by atoms with Crippen LogP contribution in [0, 0.1) is 11.3 Å². The summed E-state index contributed by atoms with van der Waals surface area (Å²) in [4.78, 5) is 4.18. The van der Waals surface area contributed by atoms with Gasteiger partial charge in [-0.05, 0) is 29.8 Å². The molecule has 2 rings (SSSR count). The third-order valence-electron chi connectivity index (χ3n) is 2.39. The minimum atomic E-state index is -0.425. The summed E-state index contributed by atoms with van der Waals surface area (Å²) in [6, 6.07) is 12.9. The maximum atomic E-state index is 9.23. The zero-order valence-electron chi connectivity index (χ0n) is 8.77. The number of halogens is 2. The summed E-state index contributed by atoms with van der Waals surface area (Å²) in [7, 11) is 0. The van der Waals surface area contributed by atoms with Crippen molar-refractivity contribution in [3.8, 4) is 6.07 Å². The summed E-state index contributed by atoms with van der Waals surface area (Å²) in [6.07, 6.45) is 1.66. The van der Waals surface area contributed by atoms with Crippen LogP contribution in [0.15, 0.2) is 42.6 Å². The van der Waals surface area contributed by atoms with E-state index in [0.29, 0.717) is 15.7 Å². The Morgan fingerprint density at radius 2 is 1.94 bits per heavy atom. The third-order valence-corrected chi connectivity index (χ3v) is 3.13. The molecule has 0 N–H and O–H groups in total. The monoisotopic (exact) mass is 262 g/mol. The Kier molecular flexibility index (Phi) is 3.63. The molecule has 2 nitrogen and oxygen atoms in total. The van der Waals surface area contributed by atoms with Crippen molar-refractivity contribution < 1.29 is 0 Å².